The summed E-state index contributed by atoms with van der Waals surface area (Å²) >= 11 is 0. The second kappa shape index (κ2) is 6.87. The lowest BCUT2D eigenvalue weighted by Gasteiger charge is -2.23. The van der Waals surface area contributed by atoms with Crippen molar-refractivity contribution < 1.29 is 14.7 Å². The van der Waals surface area contributed by atoms with Gasteiger partial charge < -0.3 is 19.9 Å². The molecule has 144 valence electrons. The fourth-order valence-corrected chi connectivity index (χ4v) is 4.86. The highest BCUT2D eigenvalue weighted by molar-refractivity contribution is 5.80. The molecule has 2 heterocycles. The second-order valence-electron chi connectivity index (χ2n) is 7.67. The molecule has 0 spiro atoms. The number of imidazole rings is 1. The number of aromatic nitrogens is 2. The van der Waals surface area contributed by atoms with E-state index in [1.54, 1.807) is 4.90 Å². The molecule has 0 radical (unpaired) electrons. The highest BCUT2D eigenvalue weighted by atomic mass is 16.4. The standard InChI is InChI=1S/C20H26N4O3/c1-2-24-16-8-4-3-7-15(16)22-17(24)9-11-21-19(27)23-12-14-6-5-10-20(14,13-23)18(25)26/h3-4,7-8,14H,2,5-6,9-13H2,1H3,(H,21,27)(H,25,26)/t14-,20+/m0/s1. The van der Waals surface area contributed by atoms with Crippen LogP contribution in [0.1, 0.15) is 32.0 Å². The van der Waals surface area contributed by atoms with Crippen molar-refractivity contribution in [1.82, 2.24) is 19.8 Å². The molecule has 1 aromatic heterocycles. The number of likely N-dealkylation sites (tertiary alicyclic amines) is 1. The van der Waals surface area contributed by atoms with Crippen molar-refractivity contribution in [3.8, 4) is 0 Å². The van der Waals surface area contributed by atoms with Crippen LogP contribution in [-0.4, -0.2) is 51.2 Å². The van der Waals surface area contributed by atoms with E-state index in [0.717, 1.165) is 36.2 Å². The molecule has 27 heavy (non-hydrogen) atoms. The minimum atomic E-state index is -0.753. The van der Waals surface area contributed by atoms with Crippen LogP contribution in [-0.2, 0) is 17.8 Å². The zero-order valence-electron chi connectivity index (χ0n) is 15.6. The molecule has 7 nitrogen and oxygen atoms in total. The van der Waals surface area contributed by atoms with E-state index in [2.05, 4.69) is 27.9 Å². The van der Waals surface area contributed by atoms with Gasteiger partial charge in [-0.1, -0.05) is 18.6 Å². The fraction of sp³-hybridized carbons (Fsp3) is 0.550. The zero-order chi connectivity index (χ0) is 19.0. The number of carboxylic acids is 1. The quantitative estimate of drug-likeness (QED) is 0.846. The number of urea groups is 1. The first-order valence-electron chi connectivity index (χ1n) is 9.75. The van der Waals surface area contributed by atoms with E-state index in [1.807, 2.05) is 18.2 Å². The van der Waals surface area contributed by atoms with Crippen LogP contribution >= 0.6 is 0 Å². The Kier molecular flexibility index (Phi) is 4.53. The molecule has 2 amide bonds. The third-order valence-electron chi connectivity index (χ3n) is 6.26. The van der Waals surface area contributed by atoms with Gasteiger partial charge in [0.15, 0.2) is 0 Å². The number of hydrogen-bond donors (Lipinski definition) is 2. The van der Waals surface area contributed by atoms with Crippen molar-refractivity contribution in [1.29, 1.82) is 0 Å². The number of aryl methyl sites for hydroxylation is 1. The number of rotatable bonds is 5. The Hall–Kier alpha value is -2.57. The Bertz CT molecular complexity index is 877. The van der Waals surface area contributed by atoms with Crippen LogP contribution in [0.25, 0.3) is 11.0 Å². The van der Waals surface area contributed by atoms with E-state index < -0.39 is 11.4 Å². The van der Waals surface area contributed by atoms with Gasteiger partial charge in [-0.3, -0.25) is 4.79 Å². The summed E-state index contributed by atoms with van der Waals surface area (Å²) in [6.45, 7) is 4.28. The SMILES string of the molecule is CCn1c(CCNC(=O)N2C[C@@H]3CCC[C@@]3(C(=O)O)C2)nc2ccccc21. The number of benzene rings is 1. The third kappa shape index (κ3) is 2.95. The number of nitrogens with zero attached hydrogens (tertiary/aromatic N) is 3. The van der Waals surface area contributed by atoms with E-state index in [4.69, 9.17) is 0 Å². The summed E-state index contributed by atoms with van der Waals surface area (Å²) in [6.07, 6.45) is 3.17. The van der Waals surface area contributed by atoms with Crippen LogP contribution in [0, 0.1) is 11.3 Å². The first-order valence-corrected chi connectivity index (χ1v) is 9.75. The van der Waals surface area contributed by atoms with Crippen molar-refractivity contribution >= 4 is 23.0 Å². The normalized spacial score (nSPS) is 24.3. The van der Waals surface area contributed by atoms with Crippen LogP contribution in [0.4, 0.5) is 4.79 Å². The first kappa shape index (κ1) is 17.8. The number of fused-ring (bicyclic) bond motifs is 2. The van der Waals surface area contributed by atoms with Gasteiger partial charge in [-0.15, -0.1) is 0 Å². The number of hydrogen-bond acceptors (Lipinski definition) is 3. The number of nitrogens with one attached hydrogen (secondary N) is 1. The van der Waals surface area contributed by atoms with Crippen molar-refractivity contribution in [3.05, 3.63) is 30.1 Å². The largest absolute Gasteiger partial charge is 0.481 e. The topological polar surface area (TPSA) is 87.5 Å². The van der Waals surface area contributed by atoms with Crippen molar-refractivity contribution in [2.45, 2.75) is 39.2 Å². The fourth-order valence-electron chi connectivity index (χ4n) is 4.86. The predicted octanol–water partition coefficient (Wildman–Crippen LogP) is 2.50. The van der Waals surface area contributed by atoms with E-state index in [9.17, 15) is 14.7 Å². The van der Waals surface area contributed by atoms with Gasteiger partial charge in [-0.05, 0) is 37.8 Å². The molecule has 4 rings (SSSR count). The summed E-state index contributed by atoms with van der Waals surface area (Å²) in [5.74, 6) is 0.293. The van der Waals surface area contributed by atoms with Crippen molar-refractivity contribution in [3.63, 3.8) is 0 Å². The molecule has 1 aliphatic carbocycles. The molecular weight excluding hydrogens is 344 g/mol. The van der Waals surface area contributed by atoms with Gasteiger partial charge >= 0.3 is 12.0 Å². The van der Waals surface area contributed by atoms with E-state index in [-0.39, 0.29) is 11.9 Å². The van der Waals surface area contributed by atoms with Gasteiger partial charge in [0.05, 0.1) is 16.4 Å². The maximum absolute atomic E-state index is 12.6. The van der Waals surface area contributed by atoms with Crippen LogP contribution in [0.15, 0.2) is 24.3 Å². The maximum atomic E-state index is 12.6. The molecule has 1 aromatic carbocycles. The minimum absolute atomic E-state index is 0.0880. The van der Waals surface area contributed by atoms with Crippen LogP contribution < -0.4 is 5.32 Å². The lowest BCUT2D eigenvalue weighted by atomic mass is 9.81. The van der Waals surface area contributed by atoms with E-state index >= 15 is 0 Å². The van der Waals surface area contributed by atoms with Crippen LogP contribution in [0.5, 0.6) is 0 Å². The summed E-state index contributed by atoms with van der Waals surface area (Å²) in [6, 6.07) is 7.87. The maximum Gasteiger partial charge on any atom is 0.317 e. The molecule has 0 bridgehead atoms. The lowest BCUT2D eigenvalue weighted by molar-refractivity contribution is -0.149. The first-order chi connectivity index (χ1) is 13.0. The Labute approximate surface area is 158 Å². The van der Waals surface area contributed by atoms with Gasteiger partial charge in [-0.25, -0.2) is 9.78 Å². The third-order valence-corrected chi connectivity index (χ3v) is 6.26. The summed E-state index contributed by atoms with van der Waals surface area (Å²) < 4.78 is 2.17. The predicted molar refractivity (Wildman–Crippen MR) is 101 cm³/mol. The summed E-state index contributed by atoms with van der Waals surface area (Å²) in [4.78, 5) is 30.7. The second-order valence-corrected chi connectivity index (χ2v) is 7.67. The molecule has 7 heteroatoms. The van der Waals surface area contributed by atoms with Gasteiger partial charge in [0.2, 0.25) is 0 Å². The average Bonchev–Trinajstić information content (AvgIpc) is 3.31. The number of para-hydroxylation sites is 2. The van der Waals surface area contributed by atoms with Crippen LogP contribution in [0.3, 0.4) is 0 Å². The van der Waals surface area contributed by atoms with Crippen molar-refractivity contribution in [2.24, 2.45) is 11.3 Å². The zero-order valence-corrected chi connectivity index (χ0v) is 15.6. The summed E-state index contributed by atoms with van der Waals surface area (Å²) in [5, 5.41) is 12.6. The Morgan fingerprint density at radius 2 is 2.19 bits per heavy atom. The number of amides is 2. The average molecular weight is 370 g/mol. The smallest absolute Gasteiger partial charge is 0.317 e. The molecule has 2 atom stereocenters. The Morgan fingerprint density at radius 1 is 1.37 bits per heavy atom. The van der Waals surface area contributed by atoms with Gasteiger partial charge in [0.25, 0.3) is 0 Å². The van der Waals surface area contributed by atoms with E-state index in [0.29, 0.717) is 32.5 Å². The highest BCUT2D eigenvalue weighted by Gasteiger charge is 2.55. The number of aliphatic carboxylic acids is 1. The molecule has 1 saturated heterocycles. The molecule has 1 aliphatic heterocycles. The number of carbonyl (C=O) groups excluding carboxylic acids is 1. The monoisotopic (exact) mass is 370 g/mol. The molecule has 1 saturated carbocycles. The molecule has 2 fully saturated rings. The number of carboxylic acid groups (broad SMARTS) is 1. The highest BCUT2D eigenvalue weighted by Crippen LogP contribution is 2.48. The lowest BCUT2D eigenvalue weighted by Crippen LogP contribution is -2.42. The van der Waals surface area contributed by atoms with Gasteiger partial charge in [0.1, 0.15) is 5.82 Å². The van der Waals surface area contributed by atoms with Gasteiger partial charge in [0, 0.05) is 32.6 Å². The Morgan fingerprint density at radius 3 is 2.93 bits per heavy atom. The van der Waals surface area contributed by atoms with Crippen molar-refractivity contribution in [2.75, 3.05) is 19.6 Å². The molecular formula is C20H26N4O3. The van der Waals surface area contributed by atoms with Gasteiger partial charge in [-0.2, -0.15) is 0 Å². The molecule has 0 unspecified atom stereocenters. The molecule has 2 aliphatic rings. The molecule has 2 N–H and O–H groups in total. The summed E-state index contributed by atoms with van der Waals surface area (Å²) in [5.41, 5.74) is 1.35. The van der Waals surface area contributed by atoms with E-state index in [1.165, 1.54) is 0 Å². The summed E-state index contributed by atoms with van der Waals surface area (Å²) in [7, 11) is 0. The minimum Gasteiger partial charge on any atom is -0.481 e. The molecule has 2 aromatic rings. The van der Waals surface area contributed by atoms with Crippen LogP contribution in [0.2, 0.25) is 0 Å². The number of carbonyl (C=O) groups is 2. The Balaban J connectivity index is 1.38.